The predicted molar refractivity (Wildman–Crippen MR) is 102 cm³/mol. The van der Waals surface area contributed by atoms with Crippen molar-refractivity contribution in [2.24, 2.45) is 0 Å². The quantitative estimate of drug-likeness (QED) is 0.594. The number of amides is 1. The van der Waals surface area contributed by atoms with Crippen LogP contribution in [-0.4, -0.2) is 30.5 Å². The van der Waals surface area contributed by atoms with Crippen LogP contribution >= 0.6 is 0 Å². The standard InChI is InChI=1S/C20H18N6O/c1-2-18-17(14-23-26(18)16-7-4-3-5-8-16)20(27)24-15-9-10-19(21-13-15)25-12-6-11-22-25/h3-14H,2H2,1H3,(H,24,27). The second kappa shape index (κ2) is 7.25. The summed E-state index contributed by atoms with van der Waals surface area (Å²) in [6, 6.07) is 15.2. The molecule has 1 N–H and O–H groups in total. The summed E-state index contributed by atoms with van der Waals surface area (Å²) in [4.78, 5) is 17.1. The minimum absolute atomic E-state index is 0.206. The average molecular weight is 358 g/mol. The first-order valence-corrected chi connectivity index (χ1v) is 8.66. The number of aromatic nitrogens is 5. The van der Waals surface area contributed by atoms with Crippen molar-refractivity contribution in [3.8, 4) is 11.5 Å². The molecule has 0 aliphatic heterocycles. The lowest BCUT2D eigenvalue weighted by Gasteiger charge is -2.09. The third-order valence-electron chi connectivity index (χ3n) is 4.19. The number of hydrogen-bond acceptors (Lipinski definition) is 4. The Bertz CT molecular complexity index is 1040. The Kier molecular flexibility index (Phi) is 4.49. The molecule has 0 bridgehead atoms. The van der Waals surface area contributed by atoms with E-state index in [9.17, 15) is 4.79 Å². The van der Waals surface area contributed by atoms with Gasteiger partial charge in [0.25, 0.3) is 5.91 Å². The van der Waals surface area contributed by atoms with Crippen molar-refractivity contribution in [1.29, 1.82) is 0 Å². The number of carbonyl (C=O) groups excluding carboxylic acids is 1. The molecule has 1 aromatic carbocycles. The molecule has 7 nitrogen and oxygen atoms in total. The molecule has 0 radical (unpaired) electrons. The fourth-order valence-electron chi connectivity index (χ4n) is 2.89. The number of pyridine rings is 1. The molecule has 4 rings (SSSR count). The van der Waals surface area contributed by atoms with Crippen molar-refractivity contribution in [2.75, 3.05) is 5.32 Å². The molecule has 0 atom stereocenters. The van der Waals surface area contributed by atoms with Crippen LogP contribution in [0, 0.1) is 0 Å². The van der Waals surface area contributed by atoms with Gasteiger partial charge in [-0.3, -0.25) is 4.79 Å². The van der Waals surface area contributed by atoms with Crippen LogP contribution in [0.3, 0.4) is 0 Å². The van der Waals surface area contributed by atoms with Gasteiger partial charge in [0, 0.05) is 12.4 Å². The number of carbonyl (C=O) groups is 1. The molecule has 4 aromatic rings. The van der Waals surface area contributed by atoms with E-state index in [0.717, 1.165) is 11.4 Å². The van der Waals surface area contributed by atoms with Gasteiger partial charge in [-0.25, -0.2) is 14.3 Å². The molecule has 1 amide bonds. The lowest BCUT2D eigenvalue weighted by Crippen LogP contribution is -2.14. The molecule has 0 aliphatic rings. The number of rotatable bonds is 5. The second-order valence-corrected chi connectivity index (χ2v) is 5.92. The molecule has 3 heterocycles. The van der Waals surface area contributed by atoms with Crippen LogP contribution < -0.4 is 5.32 Å². The highest BCUT2D eigenvalue weighted by atomic mass is 16.1. The highest BCUT2D eigenvalue weighted by Gasteiger charge is 2.17. The fraction of sp³-hybridized carbons (Fsp3) is 0.100. The van der Waals surface area contributed by atoms with Gasteiger partial charge in [-0.1, -0.05) is 25.1 Å². The van der Waals surface area contributed by atoms with Gasteiger partial charge < -0.3 is 5.32 Å². The summed E-state index contributed by atoms with van der Waals surface area (Å²) in [6.45, 7) is 2.01. The topological polar surface area (TPSA) is 77.6 Å². The maximum absolute atomic E-state index is 12.7. The fourth-order valence-corrected chi connectivity index (χ4v) is 2.89. The Morgan fingerprint density at radius 1 is 1.04 bits per heavy atom. The first kappa shape index (κ1) is 16.7. The average Bonchev–Trinajstić information content (AvgIpc) is 3.39. The Morgan fingerprint density at radius 2 is 1.89 bits per heavy atom. The lowest BCUT2D eigenvalue weighted by atomic mass is 10.2. The van der Waals surface area contributed by atoms with E-state index >= 15 is 0 Å². The molecule has 3 aromatic heterocycles. The van der Waals surface area contributed by atoms with Crippen LogP contribution in [0.15, 0.2) is 73.3 Å². The smallest absolute Gasteiger partial charge is 0.259 e. The van der Waals surface area contributed by atoms with Gasteiger partial charge in [0.1, 0.15) is 0 Å². The molecule has 0 fully saturated rings. The number of nitrogens with zero attached hydrogens (tertiary/aromatic N) is 5. The van der Waals surface area contributed by atoms with E-state index in [1.165, 1.54) is 0 Å². The maximum atomic E-state index is 12.7. The molecule has 27 heavy (non-hydrogen) atoms. The summed E-state index contributed by atoms with van der Waals surface area (Å²) in [6.07, 6.45) is 7.41. The zero-order chi connectivity index (χ0) is 18.6. The second-order valence-electron chi connectivity index (χ2n) is 5.92. The summed E-state index contributed by atoms with van der Waals surface area (Å²) in [5.41, 5.74) is 2.96. The number of nitrogens with one attached hydrogen (secondary N) is 1. The highest BCUT2D eigenvalue weighted by molar-refractivity contribution is 6.05. The Balaban J connectivity index is 1.56. The van der Waals surface area contributed by atoms with Gasteiger partial charge in [0.2, 0.25) is 0 Å². The molecule has 7 heteroatoms. The Labute approximate surface area is 156 Å². The summed E-state index contributed by atoms with van der Waals surface area (Å²) in [5.74, 6) is 0.479. The Hall–Kier alpha value is -3.74. The van der Waals surface area contributed by atoms with Crippen molar-refractivity contribution >= 4 is 11.6 Å². The normalized spacial score (nSPS) is 10.7. The van der Waals surface area contributed by atoms with Gasteiger partial charge >= 0.3 is 0 Å². The van der Waals surface area contributed by atoms with E-state index in [-0.39, 0.29) is 5.91 Å². The van der Waals surface area contributed by atoms with Gasteiger partial charge in [0.15, 0.2) is 5.82 Å². The van der Waals surface area contributed by atoms with Crippen LogP contribution in [-0.2, 0) is 6.42 Å². The van der Waals surface area contributed by atoms with Crippen LogP contribution in [0.4, 0.5) is 5.69 Å². The Morgan fingerprint density at radius 3 is 2.56 bits per heavy atom. The van der Waals surface area contributed by atoms with Crippen LogP contribution in [0.5, 0.6) is 0 Å². The van der Waals surface area contributed by atoms with E-state index in [1.54, 1.807) is 40.1 Å². The van der Waals surface area contributed by atoms with Crippen molar-refractivity contribution in [2.45, 2.75) is 13.3 Å². The SMILES string of the molecule is CCc1c(C(=O)Nc2ccc(-n3cccn3)nc2)cnn1-c1ccccc1. The maximum Gasteiger partial charge on any atom is 0.259 e. The van der Waals surface area contributed by atoms with E-state index < -0.39 is 0 Å². The van der Waals surface area contributed by atoms with Crippen molar-refractivity contribution in [3.63, 3.8) is 0 Å². The molecule has 0 saturated heterocycles. The van der Waals surface area contributed by atoms with Gasteiger partial charge in [-0.05, 0) is 36.8 Å². The number of anilines is 1. The van der Waals surface area contributed by atoms with Crippen molar-refractivity contribution in [3.05, 3.63) is 84.6 Å². The third kappa shape index (κ3) is 3.35. The van der Waals surface area contributed by atoms with Gasteiger partial charge in [-0.15, -0.1) is 0 Å². The predicted octanol–water partition coefficient (Wildman–Crippen LogP) is 3.27. The molecular formula is C20H18N6O. The lowest BCUT2D eigenvalue weighted by molar-refractivity contribution is 0.102. The van der Waals surface area contributed by atoms with Crippen molar-refractivity contribution in [1.82, 2.24) is 24.5 Å². The number of hydrogen-bond donors (Lipinski definition) is 1. The van der Waals surface area contributed by atoms with Crippen LogP contribution in [0.2, 0.25) is 0 Å². The molecule has 0 aliphatic carbocycles. The van der Waals surface area contributed by atoms with Gasteiger partial charge in [0.05, 0.1) is 35.0 Å². The highest BCUT2D eigenvalue weighted by Crippen LogP contribution is 2.17. The first-order chi connectivity index (χ1) is 13.3. The summed E-state index contributed by atoms with van der Waals surface area (Å²) < 4.78 is 3.46. The number of benzene rings is 1. The largest absolute Gasteiger partial charge is 0.320 e. The summed E-state index contributed by atoms with van der Waals surface area (Å²) in [7, 11) is 0. The van der Waals surface area contributed by atoms with Crippen LogP contribution in [0.1, 0.15) is 23.0 Å². The van der Waals surface area contributed by atoms with E-state index in [2.05, 4.69) is 20.5 Å². The molecule has 0 spiro atoms. The molecule has 134 valence electrons. The first-order valence-electron chi connectivity index (χ1n) is 8.66. The minimum atomic E-state index is -0.206. The zero-order valence-corrected chi connectivity index (χ0v) is 14.8. The minimum Gasteiger partial charge on any atom is -0.320 e. The summed E-state index contributed by atoms with van der Waals surface area (Å²) >= 11 is 0. The van der Waals surface area contributed by atoms with Gasteiger partial charge in [-0.2, -0.15) is 10.2 Å². The van der Waals surface area contributed by atoms with E-state index in [0.29, 0.717) is 23.5 Å². The molecule has 0 unspecified atom stereocenters. The van der Waals surface area contributed by atoms with E-state index in [1.807, 2.05) is 49.5 Å². The zero-order valence-electron chi connectivity index (χ0n) is 14.8. The van der Waals surface area contributed by atoms with Crippen molar-refractivity contribution < 1.29 is 4.79 Å². The van der Waals surface area contributed by atoms with E-state index in [4.69, 9.17) is 0 Å². The monoisotopic (exact) mass is 358 g/mol. The molecule has 0 saturated carbocycles. The number of para-hydroxylation sites is 1. The third-order valence-corrected chi connectivity index (χ3v) is 4.19. The van der Waals surface area contributed by atoms with Crippen LogP contribution in [0.25, 0.3) is 11.5 Å². The summed E-state index contributed by atoms with van der Waals surface area (Å²) in [5, 5.41) is 11.4. The molecular weight excluding hydrogens is 340 g/mol.